The summed E-state index contributed by atoms with van der Waals surface area (Å²) in [5.74, 6) is 0.727. The fourth-order valence-electron chi connectivity index (χ4n) is 2.08. The van der Waals surface area contributed by atoms with E-state index < -0.39 is 6.09 Å². The molecule has 2 amide bonds. The van der Waals surface area contributed by atoms with Crippen molar-refractivity contribution in [3.8, 4) is 0 Å². The lowest BCUT2D eigenvalue weighted by atomic mass is 10.1. The van der Waals surface area contributed by atoms with Gasteiger partial charge in [-0.1, -0.05) is 20.3 Å². The number of nitrogens with zero attached hydrogens (tertiary/aromatic N) is 1. The molecule has 0 aliphatic carbocycles. The van der Waals surface area contributed by atoms with Gasteiger partial charge < -0.3 is 4.74 Å². The highest BCUT2D eigenvalue weighted by atomic mass is 32.2. The first-order valence-electron chi connectivity index (χ1n) is 6.91. The van der Waals surface area contributed by atoms with E-state index in [4.69, 9.17) is 4.74 Å². The number of hydrogen-bond donors (Lipinski definition) is 0. The zero-order valence-electron chi connectivity index (χ0n) is 11.8. The van der Waals surface area contributed by atoms with Gasteiger partial charge in [-0.3, -0.25) is 4.79 Å². The quantitative estimate of drug-likeness (QED) is 0.613. The number of thioether (sulfide) groups is 1. The molecule has 0 saturated heterocycles. The molecule has 0 bridgehead atoms. The van der Waals surface area contributed by atoms with E-state index in [0.29, 0.717) is 18.7 Å². The third-order valence-corrected chi connectivity index (χ3v) is 4.01. The van der Waals surface area contributed by atoms with Crippen LogP contribution in [0.3, 0.4) is 0 Å². The van der Waals surface area contributed by atoms with Crippen LogP contribution in [0.2, 0.25) is 0 Å². The highest BCUT2D eigenvalue weighted by Gasteiger charge is 2.33. The van der Waals surface area contributed by atoms with Crippen molar-refractivity contribution in [3.63, 3.8) is 0 Å². The number of ether oxygens (including phenoxy) is 1. The topological polar surface area (TPSA) is 46.6 Å². The Kier molecular flexibility index (Phi) is 5.06. The lowest BCUT2D eigenvalue weighted by molar-refractivity contribution is 0.0678. The first kappa shape index (κ1) is 14.9. The number of hydrogen-bond acceptors (Lipinski definition) is 4. The summed E-state index contributed by atoms with van der Waals surface area (Å²) < 4.78 is 5.11. The molecule has 0 fully saturated rings. The van der Waals surface area contributed by atoms with Crippen LogP contribution >= 0.6 is 11.8 Å². The molecule has 0 spiro atoms. The van der Waals surface area contributed by atoms with Gasteiger partial charge in [0.2, 0.25) is 0 Å². The number of rotatable bonds is 5. The van der Waals surface area contributed by atoms with E-state index in [1.807, 2.05) is 19.1 Å². The van der Waals surface area contributed by atoms with E-state index in [1.165, 1.54) is 4.90 Å². The molecule has 1 aromatic rings. The van der Waals surface area contributed by atoms with Crippen LogP contribution in [0.15, 0.2) is 23.1 Å². The van der Waals surface area contributed by atoms with E-state index in [9.17, 15) is 9.59 Å². The van der Waals surface area contributed by atoms with Gasteiger partial charge in [-0.2, -0.15) is 0 Å². The van der Waals surface area contributed by atoms with Gasteiger partial charge in [-0.15, -0.1) is 11.8 Å². The summed E-state index contributed by atoms with van der Waals surface area (Å²) in [5.41, 5.74) is 1.51. The van der Waals surface area contributed by atoms with Gasteiger partial charge in [0, 0.05) is 10.5 Å². The van der Waals surface area contributed by atoms with Gasteiger partial charge in [-0.05, 0) is 35.9 Å². The van der Waals surface area contributed by atoms with Crippen molar-refractivity contribution in [1.29, 1.82) is 0 Å². The molecule has 0 aromatic heterocycles. The zero-order chi connectivity index (χ0) is 14.5. The van der Waals surface area contributed by atoms with Crippen molar-refractivity contribution in [1.82, 2.24) is 4.90 Å². The molecule has 1 heterocycles. The molecule has 4 nitrogen and oxygen atoms in total. The molecule has 0 radical (unpaired) electrons. The summed E-state index contributed by atoms with van der Waals surface area (Å²) in [7, 11) is 0. The minimum absolute atomic E-state index is 0.255. The molecule has 1 aliphatic rings. The van der Waals surface area contributed by atoms with E-state index in [1.54, 1.807) is 17.8 Å². The number of carbonyl (C=O) groups excluding carboxylic acids is 2. The summed E-state index contributed by atoms with van der Waals surface area (Å²) in [6, 6.07) is 5.71. The van der Waals surface area contributed by atoms with E-state index in [0.717, 1.165) is 29.1 Å². The van der Waals surface area contributed by atoms with E-state index in [2.05, 4.69) is 6.92 Å². The third-order valence-electron chi connectivity index (χ3n) is 3.14. The lowest BCUT2D eigenvalue weighted by Gasteiger charge is -2.13. The van der Waals surface area contributed by atoms with E-state index >= 15 is 0 Å². The Morgan fingerprint density at radius 2 is 2.20 bits per heavy atom. The summed E-state index contributed by atoms with van der Waals surface area (Å²) >= 11 is 1.72. The molecular weight excluding hydrogens is 274 g/mol. The van der Waals surface area contributed by atoms with Crippen molar-refractivity contribution in [2.24, 2.45) is 0 Å². The van der Waals surface area contributed by atoms with E-state index in [-0.39, 0.29) is 5.91 Å². The number of imide groups is 1. The van der Waals surface area contributed by atoms with Gasteiger partial charge in [-0.25, -0.2) is 9.69 Å². The van der Waals surface area contributed by atoms with Crippen LogP contribution in [-0.4, -0.2) is 29.3 Å². The smallest absolute Gasteiger partial charge is 0.417 e. The molecule has 0 unspecified atom stereocenters. The van der Waals surface area contributed by atoms with Crippen LogP contribution in [0.5, 0.6) is 0 Å². The highest BCUT2D eigenvalue weighted by Crippen LogP contribution is 2.28. The average molecular weight is 293 g/mol. The normalized spacial score (nSPS) is 13.5. The first-order chi connectivity index (χ1) is 9.67. The number of unbranched alkanes of at least 4 members (excludes halogenated alkanes) is 1. The van der Waals surface area contributed by atoms with Gasteiger partial charge in [0.25, 0.3) is 5.91 Å². The summed E-state index contributed by atoms with van der Waals surface area (Å²) in [6.45, 7) is 4.79. The fourth-order valence-corrected chi connectivity index (χ4v) is 2.81. The van der Waals surface area contributed by atoms with Gasteiger partial charge in [0.1, 0.15) is 0 Å². The fraction of sp³-hybridized carbons (Fsp3) is 0.467. The molecule has 1 aliphatic heterocycles. The predicted molar refractivity (Wildman–Crippen MR) is 79.0 cm³/mol. The van der Waals surface area contributed by atoms with Crippen molar-refractivity contribution < 1.29 is 14.3 Å². The number of fused-ring (bicyclic) bond motifs is 1. The Bertz CT molecular complexity index is 516. The van der Waals surface area contributed by atoms with Crippen LogP contribution in [-0.2, 0) is 11.3 Å². The van der Waals surface area contributed by atoms with Crippen LogP contribution in [0, 0.1) is 0 Å². The van der Waals surface area contributed by atoms with Crippen molar-refractivity contribution in [3.05, 3.63) is 29.3 Å². The molecule has 1 aromatic carbocycles. The second kappa shape index (κ2) is 6.79. The van der Waals surface area contributed by atoms with Crippen molar-refractivity contribution >= 4 is 23.8 Å². The Hall–Kier alpha value is -1.49. The maximum atomic E-state index is 12.2. The highest BCUT2D eigenvalue weighted by molar-refractivity contribution is 7.99. The maximum absolute atomic E-state index is 12.2. The lowest BCUT2D eigenvalue weighted by Crippen LogP contribution is -2.31. The van der Waals surface area contributed by atoms with Crippen LogP contribution in [0.4, 0.5) is 4.79 Å². The molecule has 2 rings (SSSR count). The second-order valence-corrected chi connectivity index (χ2v) is 5.95. The Balaban J connectivity index is 2.06. The monoisotopic (exact) mass is 293 g/mol. The van der Waals surface area contributed by atoms with Crippen LogP contribution in [0.1, 0.15) is 42.6 Å². The van der Waals surface area contributed by atoms with Gasteiger partial charge in [0.05, 0.1) is 13.2 Å². The Labute approximate surface area is 123 Å². The minimum Gasteiger partial charge on any atom is -0.449 e. The van der Waals surface area contributed by atoms with Crippen LogP contribution in [0.25, 0.3) is 0 Å². The maximum Gasteiger partial charge on any atom is 0.417 e. The molecule has 0 saturated carbocycles. The zero-order valence-corrected chi connectivity index (χ0v) is 12.7. The molecule has 0 atom stereocenters. The third kappa shape index (κ3) is 3.15. The standard InChI is InChI=1S/C15H19NO3S/c1-3-5-8-19-15(18)16-10-11-9-12(20-4-2)6-7-13(11)14(16)17/h6-7,9H,3-5,8,10H2,1-2H3. The number of carbonyl (C=O) groups is 2. The summed E-state index contributed by atoms with van der Waals surface area (Å²) in [5, 5.41) is 0. The molecule has 5 heteroatoms. The van der Waals surface area contributed by atoms with Gasteiger partial charge >= 0.3 is 6.09 Å². The van der Waals surface area contributed by atoms with Crippen molar-refractivity contribution in [2.75, 3.05) is 12.4 Å². The number of amides is 2. The SMILES string of the molecule is CCCCOC(=O)N1Cc2cc(SCC)ccc2C1=O. The average Bonchev–Trinajstić information content (AvgIpc) is 2.76. The molecule has 0 N–H and O–H groups in total. The Morgan fingerprint density at radius 3 is 2.90 bits per heavy atom. The Morgan fingerprint density at radius 1 is 1.40 bits per heavy atom. The summed E-state index contributed by atoms with van der Waals surface area (Å²) in [4.78, 5) is 26.4. The minimum atomic E-state index is -0.538. The molecular formula is C15H19NO3S. The summed E-state index contributed by atoms with van der Waals surface area (Å²) in [6.07, 6.45) is 1.24. The largest absolute Gasteiger partial charge is 0.449 e. The molecule has 20 heavy (non-hydrogen) atoms. The van der Waals surface area contributed by atoms with Gasteiger partial charge in [0.15, 0.2) is 0 Å². The second-order valence-electron chi connectivity index (χ2n) is 4.61. The number of benzene rings is 1. The van der Waals surface area contributed by atoms with Crippen LogP contribution < -0.4 is 0 Å². The molecule has 108 valence electrons. The van der Waals surface area contributed by atoms with Crippen molar-refractivity contribution in [2.45, 2.75) is 38.1 Å². The first-order valence-corrected chi connectivity index (χ1v) is 7.90. The predicted octanol–water partition coefficient (Wildman–Crippen LogP) is 3.69.